The van der Waals surface area contributed by atoms with Gasteiger partial charge in [-0.2, -0.15) is 0 Å². The molecule has 0 spiro atoms. The van der Waals surface area contributed by atoms with Gasteiger partial charge in [0.25, 0.3) is 0 Å². The lowest BCUT2D eigenvalue weighted by Crippen LogP contribution is -2.45. The van der Waals surface area contributed by atoms with Gasteiger partial charge >= 0.3 is 0 Å². The predicted molar refractivity (Wildman–Crippen MR) is 91.3 cm³/mol. The third kappa shape index (κ3) is 3.26. The number of hydrogen-bond acceptors (Lipinski definition) is 2. The van der Waals surface area contributed by atoms with E-state index in [1.54, 1.807) is 4.90 Å². The van der Waals surface area contributed by atoms with Gasteiger partial charge in [0, 0.05) is 31.2 Å². The maximum atomic E-state index is 12.8. The molecule has 4 heteroatoms. The number of nitrogens with zero attached hydrogens (tertiary/aromatic N) is 2. The highest BCUT2D eigenvalue weighted by molar-refractivity contribution is 6.00. The summed E-state index contributed by atoms with van der Waals surface area (Å²) in [5.74, 6) is 0.0457. The lowest BCUT2D eigenvalue weighted by atomic mass is 9.99. The molecule has 0 aliphatic carbocycles. The molecule has 2 fully saturated rings. The molecular weight excluding hydrogens is 288 g/mol. The number of hydrogen-bond donors (Lipinski definition) is 0. The summed E-state index contributed by atoms with van der Waals surface area (Å²) in [5, 5.41) is 0. The summed E-state index contributed by atoms with van der Waals surface area (Å²) in [6.07, 6.45) is 4.69. The topological polar surface area (TPSA) is 40.6 Å². The molecule has 1 aromatic carbocycles. The van der Waals surface area contributed by atoms with Crippen molar-refractivity contribution in [2.45, 2.75) is 52.0 Å². The van der Waals surface area contributed by atoms with E-state index in [0.717, 1.165) is 31.5 Å². The van der Waals surface area contributed by atoms with E-state index >= 15 is 0 Å². The zero-order valence-corrected chi connectivity index (χ0v) is 14.1. The summed E-state index contributed by atoms with van der Waals surface area (Å²) >= 11 is 0. The van der Waals surface area contributed by atoms with Crippen LogP contribution in [-0.2, 0) is 16.0 Å². The summed E-state index contributed by atoms with van der Waals surface area (Å²) < 4.78 is 0. The maximum absolute atomic E-state index is 12.8. The second kappa shape index (κ2) is 6.73. The monoisotopic (exact) mass is 314 g/mol. The molecule has 4 nitrogen and oxygen atoms in total. The second-order valence-corrected chi connectivity index (χ2v) is 6.80. The fourth-order valence-corrected chi connectivity index (χ4v) is 3.69. The largest absolute Gasteiger partial charge is 0.340 e. The number of carbonyl (C=O) groups is 2. The van der Waals surface area contributed by atoms with Crippen LogP contribution < -0.4 is 4.90 Å². The van der Waals surface area contributed by atoms with E-state index in [1.807, 2.05) is 17.0 Å². The number of carbonyl (C=O) groups excluding carboxylic acids is 2. The van der Waals surface area contributed by atoms with E-state index in [9.17, 15) is 9.59 Å². The third-order valence-electron chi connectivity index (χ3n) is 5.22. The van der Waals surface area contributed by atoms with Crippen molar-refractivity contribution in [3.05, 3.63) is 29.8 Å². The van der Waals surface area contributed by atoms with Crippen LogP contribution in [0.15, 0.2) is 24.3 Å². The Bertz CT molecular complexity index is 582. The molecule has 0 aromatic heterocycles. The van der Waals surface area contributed by atoms with Crippen molar-refractivity contribution in [1.82, 2.24) is 4.90 Å². The van der Waals surface area contributed by atoms with Crippen LogP contribution >= 0.6 is 0 Å². The molecule has 1 aromatic rings. The van der Waals surface area contributed by atoms with Gasteiger partial charge in [-0.15, -0.1) is 0 Å². The first kappa shape index (κ1) is 16.0. The SMILES string of the molecule is CCc1ccc(N2C[C@@H](C(=O)N3CCCC[C@@H]3C)CC2=O)cc1. The Morgan fingerprint density at radius 1 is 1.22 bits per heavy atom. The number of anilines is 1. The normalized spacial score (nSPS) is 25.0. The highest BCUT2D eigenvalue weighted by Crippen LogP contribution is 2.28. The molecule has 124 valence electrons. The fraction of sp³-hybridized carbons (Fsp3) is 0.579. The highest BCUT2D eigenvalue weighted by atomic mass is 16.2. The van der Waals surface area contributed by atoms with Gasteiger partial charge in [-0.05, 0) is 50.3 Å². The van der Waals surface area contributed by atoms with E-state index in [4.69, 9.17) is 0 Å². The number of amides is 2. The number of rotatable bonds is 3. The van der Waals surface area contributed by atoms with Crippen molar-refractivity contribution in [1.29, 1.82) is 0 Å². The molecule has 0 saturated carbocycles. The minimum Gasteiger partial charge on any atom is -0.340 e. The summed E-state index contributed by atoms with van der Waals surface area (Å²) in [6.45, 7) is 5.60. The standard InChI is InChI=1S/C19H26N2O2/c1-3-15-7-9-17(10-8-15)21-13-16(12-18(21)22)19(23)20-11-5-4-6-14(20)2/h7-10,14,16H,3-6,11-13H2,1-2H3/t14-,16-/m0/s1. The molecule has 2 aliphatic rings. The van der Waals surface area contributed by atoms with Crippen LogP contribution in [0.4, 0.5) is 5.69 Å². The predicted octanol–water partition coefficient (Wildman–Crippen LogP) is 3.00. The summed E-state index contributed by atoms with van der Waals surface area (Å²) in [7, 11) is 0. The van der Waals surface area contributed by atoms with Crippen molar-refractivity contribution >= 4 is 17.5 Å². The molecule has 0 N–H and O–H groups in total. The number of benzene rings is 1. The van der Waals surface area contributed by atoms with Gasteiger partial charge in [-0.1, -0.05) is 19.1 Å². The van der Waals surface area contributed by atoms with Gasteiger partial charge < -0.3 is 9.80 Å². The van der Waals surface area contributed by atoms with Gasteiger partial charge in [0.15, 0.2) is 0 Å². The molecule has 3 rings (SSSR count). The Labute approximate surface area is 138 Å². The minimum absolute atomic E-state index is 0.0669. The summed E-state index contributed by atoms with van der Waals surface area (Å²) in [5.41, 5.74) is 2.17. The molecule has 2 heterocycles. The Balaban J connectivity index is 1.70. The first-order chi connectivity index (χ1) is 11.1. The van der Waals surface area contributed by atoms with Gasteiger partial charge in [0.2, 0.25) is 11.8 Å². The van der Waals surface area contributed by atoms with Gasteiger partial charge in [0.05, 0.1) is 5.92 Å². The van der Waals surface area contributed by atoms with Gasteiger partial charge in [-0.25, -0.2) is 0 Å². The molecule has 2 aliphatic heterocycles. The van der Waals surface area contributed by atoms with Crippen molar-refractivity contribution in [3.63, 3.8) is 0 Å². The van der Waals surface area contributed by atoms with Crippen LogP contribution in [0.25, 0.3) is 0 Å². The minimum atomic E-state index is -0.186. The average Bonchev–Trinajstić information content (AvgIpc) is 2.96. The molecular formula is C19H26N2O2. The van der Waals surface area contributed by atoms with Crippen molar-refractivity contribution < 1.29 is 9.59 Å². The van der Waals surface area contributed by atoms with E-state index < -0.39 is 0 Å². The lowest BCUT2D eigenvalue weighted by molar-refractivity contribution is -0.139. The highest BCUT2D eigenvalue weighted by Gasteiger charge is 2.38. The smallest absolute Gasteiger partial charge is 0.228 e. The lowest BCUT2D eigenvalue weighted by Gasteiger charge is -2.35. The van der Waals surface area contributed by atoms with E-state index in [-0.39, 0.29) is 17.7 Å². The first-order valence-corrected chi connectivity index (χ1v) is 8.80. The summed E-state index contributed by atoms with van der Waals surface area (Å²) in [4.78, 5) is 28.9. The second-order valence-electron chi connectivity index (χ2n) is 6.80. The van der Waals surface area contributed by atoms with Crippen LogP contribution in [0, 0.1) is 5.92 Å². The van der Waals surface area contributed by atoms with Crippen molar-refractivity contribution in [3.8, 4) is 0 Å². The molecule has 2 saturated heterocycles. The van der Waals surface area contributed by atoms with E-state index in [1.165, 1.54) is 12.0 Å². The van der Waals surface area contributed by atoms with E-state index in [0.29, 0.717) is 19.0 Å². The quantitative estimate of drug-likeness (QED) is 0.860. The van der Waals surface area contributed by atoms with Gasteiger partial charge in [-0.3, -0.25) is 9.59 Å². The van der Waals surface area contributed by atoms with Crippen LogP contribution in [0.2, 0.25) is 0 Å². The molecule has 0 bridgehead atoms. The van der Waals surface area contributed by atoms with E-state index in [2.05, 4.69) is 26.0 Å². The molecule has 2 atom stereocenters. The van der Waals surface area contributed by atoms with Gasteiger partial charge in [0.1, 0.15) is 0 Å². The van der Waals surface area contributed by atoms with Crippen molar-refractivity contribution in [2.75, 3.05) is 18.0 Å². The summed E-state index contributed by atoms with van der Waals surface area (Å²) in [6, 6.07) is 8.42. The number of aryl methyl sites for hydroxylation is 1. The molecule has 0 unspecified atom stereocenters. The van der Waals surface area contributed by atoms with Crippen LogP contribution in [-0.4, -0.2) is 35.8 Å². The fourth-order valence-electron chi connectivity index (χ4n) is 3.69. The Hall–Kier alpha value is -1.84. The Morgan fingerprint density at radius 2 is 1.96 bits per heavy atom. The van der Waals surface area contributed by atoms with Crippen molar-refractivity contribution in [2.24, 2.45) is 5.92 Å². The average molecular weight is 314 g/mol. The molecule has 2 amide bonds. The van der Waals surface area contributed by atoms with Crippen LogP contribution in [0.5, 0.6) is 0 Å². The maximum Gasteiger partial charge on any atom is 0.228 e. The zero-order chi connectivity index (χ0) is 16.4. The van der Waals surface area contributed by atoms with Crippen LogP contribution in [0.3, 0.4) is 0 Å². The zero-order valence-electron chi connectivity index (χ0n) is 14.1. The first-order valence-electron chi connectivity index (χ1n) is 8.80. The Morgan fingerprint density at radius 3 is 2.61 bits per heavy atom. The molecule has 23 heavy (non-hydrogen) atoms. The molecule has 0 radical (unpaired) electrons. The number of likely N-dealkylation sites (tertiary alicyclic amines) is 1. The van der Waals surface area contributed by atoms with Crippen LogP contribution in [0.1, 0.15) is 45.1 Å². The Kier molecular flexibility index (Phi) is 4.69. The third-order valence-corrected chi connectivity index (χ3v) is 5.22. The number of piperidine rings is 1.